The lowest BCUT2D eigenvalue weighted by Crippen LogP contribution is -2.15. The van der Waals surface area contributed by atoms with Gasteiger partial charge in [-0.1, -0.05) is 11.8 Å². The lowest BCUT2D eigenvalue weighted by atomic mass is 10.2. The molecule has 6 heteroatoms. The SMILES string of the molecule is Cn1nccc1NC(=O)c1ccc(C#CCCO)cn1. The zero-order valence-electron chi connectivity index (χ0n) is 11.0. The van der Waals surface area contributed by atoms with Crippen molar-refractivity contribution >= 4 is 11.7 Å². The lowest BCUT2D eigenvalue weighted by molar-refractivity contribution is 0.102. The third-order valence-electron chi connectivity index (χ3n) is 2.53. The molecule has 0 saturated carbocycles. The van der Waals surface area contributed by atoms with Gasteiger partial charge in [0.25, 0.3) is 5.91 Å². The molecule has 0 aromatic carbocycles. The molecule has 0 unspecified atom stereocenters. The Morgan fingerprint density at radius 2 is 2.30 bits per heavy atom. The quantitative estimate of drug-likeness (QED) is 0.808. The van der Waals surface area contributed by atoms with Gasteiger partial charge >= 0.3 is 0 Å². The minimum atomic E-state index is -0.302. The van der Waals surface area contributed by atoms with E-state index in [0.29, 0.717) is 23.5 Å². The molecule has 2 N–H and O–H groups in total. The Hall–Kier alpha value is -2.65. The first-order chi connectivity index (χ1) is 9.70. The van der Waals surface area contributed by atoms with Crippen LogP contribution in [0.2, 0.25) is 0 Å². The number of aliphatic hydroxyl groups excluding tert-OH is 1. The predicted molar refractivity (Wildman–Crippen MR) is 74.0 cm³/mol. The molecule has 2 rings (SSSR count). The van der Waals surface area contributed by atoms with Gasteiger partial charge in [-0.25, -0.2) is 4.98 Å². The summed E-state index contributed by atoms with van der Waals surface area (Å²) in [6.45, 7) is 0.0334. The largest absolute Gasteiger partial charge is 0.395 e. The standard InChI is InChI=1S/C14H14N4O2/c1-18-13(7-8-16-18)17-14(20)12-6-5-11(10-15-12)4-2-3-9-19/h5-8,10,19H,3,9H2,1H3,(H,17,20). The van der Waals surface area contributed by atoms with Crippen LogP contribution in [-0.2, 0) is 7.05 Å². The minimum absolute atomic E-state index is 0.0334. The molecule has 2 aromatic heterocycles. The number of nitrogens with zero attached hydrogens (tertiary/aromatic N) is 3. The highest BCUT2D eigenvalue weighted by Crippen LogP contribution is 2.06. The molecule has 0 saturated heterocycles. The number of aliphatic hydroxyl groups is 1. The zero-order valence-corrected chi connectivity index (χ0v) is 11.0. The Morgan fingerprint density at radius 3 is 2.90 bits per heavy atom. The predicted octanol–water partition coefficient (Wildman–Crippen LogP) is 0.801. The van der Waals surface area contributed by atoms with Gasteiger partial charge in [0.15, 0.2) is 0 Å². The number of carbonyl (C=O) groups is 1. The van der Waals surface area contributed by atoms with Crippen LogP contribution in [0.3, 0.4) is 0 Å². The molecule has 1 amide bonds. The van der Waals surface area contributed by atoms with Crippen molar-refractivity contribution in [2.24, 2.45) is 7.05 Å². The van der Waals surface area contributed by atoms with E-state index in [1.807, 2.05) is 0 Å². The molecular formula is C14H14N4O2. The van der Waals surface area contributed by atoms with Crippen molar-refractivity contribution in [3.63, 3.8) is 0 Å². The molecule has 0 aliphatic carbocycles. The number of hydrogen-bond donors (Lipinski definition) is 2. The van der Waals surface area contributed by atoms with Gasteiger partial charge in [0.2, 0.25) is 0 Å². The summed E-state index contributed by atoms with van der Waals surface area (Å²) < 4.78 is 1.56. The Labute approximate surface area is 116 Å². The van der Waals surface area contributed by atoms with Gasteiger partial charge in [0.05, 0.1) is 12.8 Å². The highest BCUT2D eigenvalue weighted by atomic mass is 16.2. The van der Waals surface area contributed by atoms with Crippen LogP contribution in [0.4, 0.5) is 5.82 Å². The van der Waals surface area contributed by atoms with E-state index in [2.05, 4.69) is 27.2 Å². The molecule has 20 heavy (non-hydrogen) atoms. The molecule has 0 aliphatic heterocycles. The van der Waals surface area contributed by atoms with Crippen molar-refractivity contribution in [2.75, 3.05) is 11.9 Å². The Balaban J connectivity index is 2.05. The van der Waals surface area contributed by atoms with E-state index >= 15 is 0 Å². The Kier molecular flexibility index (Phi) is 4.47. The summed E-state index contributed by atoms with van der Waals surface area (Å²) in [6, 6.07) is 5.02. The van der Waals surface area contributed by atoms with Crippen molar-refractivity contribution in [1.82, 2.24) is 14.8 Å². The van der Waals surface area contributed by atoms with E-state index in [-0.39, 0.29) is 12.5 Å². The van der Waals surface area contributed by atoms with Gasteiger partial charge in [-0.2, -0.15) is 5.10 Å². The van der Waals surface area contributed by atoms with Crippen LogP contribution in [0, 0.1) is 11.8 Å². The lowest BCUT2D eigenvalue weighted by Gasteiger charge is -2.04. The fraction of sp³-hybridized carbons (Fsp3) is 0.214. The van der Waals surface area contributed by atoms with Crippen LogP contribution < -0.4 is 5.32 Å². The number of carbonyl (C=O) groups excluding carboxylic acids is 1. The molecule has 0 spiro atoms. The summed E-state index contributed by atoms with van der Waals surface area (Å²) in [4.78, 5) is 16.0. The maximum absolute atomic E-state index is 12.0. The highest BCUT2D eigenvalue weighted by Gasteiger charge is 2.09. The molecule has 0 radical (unpaired) electrons. The Bertz CT molecular complexity index is 650. The maximum Gasteiger partial charge on any atom is 0.275 e. The molecule has 0 aliphatic rings. The van der Waals surface area contributed by atoms with Gasteiger partial charge in [-0.3, -0.25) is 9.48 Å². The van der Waals surface area contributed by atoms with E-state index in [9.17, 15) is 4.79 Å². The van der Waals surface area contributed by atoms with Crippen LogP contribution >= 0.6 is 0 Å². The number of amides is 1. The van der Waals surface area contributed by atoms with Crippen LogP contribution in [-0.4, -0.2) is 32.4 Å². The average Bonchev–Trinajstić information content (AvgIpc) is 2.85. The average molecular weight is 270 g/mol. The molecule has 102 valence electrons. The summed E-state index contributed by atoms with van der Waals surface area (Å²) in [7, 11) is 1.74. The minimum Gasteiger partial charge on any atom is -0.395 e. The summed E-state index contributed by atoms with van der Waals surface area (Å²) in [5.41, 5.74) is 1.01. The van der Waals surface area contributed by atoms with E-state index in [0.717, 1.165) is 0 Å². The summed E-state index contributed by atoms with van der Waals surface area (Å²) in [5.74, 6) is 5.94. The topological polar surface area (TPSA) is 80.0 Å². The second-order valence-corrected chi connectivity index (χ2v) is 4.00. The first kappa shape index (κ1) is 13.8. The van der Waals surface area contributed by atoms with Crippen molar-refractivity contribution < 1.29 is 9.90 Å². The smallest absolute Gasteiger partial charge is 0.275 e. The molecule has 0 bridgehead atoms. The van der Waals surface area contributed by atoms with Gasteiger partial charge < -0.3 is 10.4 Å². The molecule has 2 heterocycles. The molecule has 0 fully saturated rings. The van der Waals surface area contributed by atoms with E-state index < -0.39 is 0 Å². The van der Waals surface area contributed by atoms with E-state index in [1.165, 1.54) is 6.20 Å². The van der Waals surface area contributed by atoms with Crippen LogP contribution in [0.25, 0.3) is 0 Å². The normalized spacial score (nSPS) is 9.70. The van der Waals surface area contributed by atoms with Gasteiger partial charge in [-0.15, -0.1) is 0 Å². The summed E-state index contributed by atoms with van der Waals surface area (Å²) in [6.07, 6.45) is 3.55. The number of anilines is 1. The van der Waals surface area contributed by atoms with Crippen LogP contribution in [0.15, 0.2) is 30.6 Å². The fourth-order valence-corrected chi connectivity index (χ4v) is 1.50. The number of rotatable bonds is 3. The number of pyridine rings is 1. The van der Waals surface area contributed by atoms with Crippen molar-refractivity contribution in [2.45, 2.75) is 6.42 Å². The van der Waals surface area contributed by atoms with Crippen LogP contribution in [0.5, 0.6) is 0 Å². The first-order valence-corrected chi connectivity index (χ1v) is 6.06. The van der Waals surface area contributed by atoms with E-state index in [1.54, 1.807) is 36.1 Å². The molecule has 2 aromatic rings. The first-order valence-electron chi connectivity index (χ1n) is 6.06. The third-order valence-corrected chi connectivity index (χ3v) is 2.53. The van der Waals surface area contributed by atoms with Gasteiger partial charge in [0, 0.05) is 31.3 Å². The van der Waals surface area contributed by atoms with Crippen molar-refractivity contribution in [1.29, 1.82) is 0 Å². The highest BCUT2D eigenvalue weighted by molar-refractivity contribution is 6.02. The second-order valence-electron chi connectivity index (χ2n) is 4.00. The van der Waals surface area contributed by atoms with Gasteiger partial charge in [0.1, 0.15) is 11.5 Å². The number of nitrogens with one attached hydrogen (secondary N) is 1. The van der Waals surface area contributed by atoms with Crippen LogP contribution in [0.1, 0.15) is 22.5 Å². The van der Waals surface area contributed by atoms with Crippen molar-refractivity contribution in [3.05, 3.63) is 41.9 Å². The molecular weight excluding hydrogens is 256 g/mol. The molecule has 6 nitrogen and oxygen atoms in total. The maximum atomic E-state index is 12.0. The fourth-order valence-electron chi connectivity index (χ4n) is 1.50. The Morgan fingerprint density at radius 1 is 1.45 bits per heavy atom. The monoisotopic (exact) mass is 270 g/mol. The van der Waals surface area contributed by atoms with E-state index in [4.69, 9.17) is 5.11 Å². The van der Waals surface area contributed by atoms with Gasteiger partial charge in [-0.05, 0) is 12.1 Å². The second kappa shape index (κ2) is 6.50. The number of aromatic nitrogens is 3. The van der Waals surface area contributed by atoms with Crippen molar-refractivity contribution in [3.8, 4) is 11.8 Å². The third kappa shape index (κ3) is 3.43. The number of aryl methyl sites for hydroxylation is 1. The summed E-state index contributed by atoms with van der Waals surface area (Å²) in [5, 5.41) is 15.3. The molecule has 0 atom stereocenters. The summed E-state index contributed by atoms with van der Waals surface area (Å²) >= 11 is 0. The number of hydrogen-bond acceptors (Lipinski definition) is 4. The zero-order chi connectivity index (χ0) is 14.4.